The Bertz CT molecular complexity index is 1180. The van der Waals surface area contributed by atoms with Crippen molar-refractivity contribution in [2.45, 2.75) is 19.6 Å². The second-order valence-corrected chi connectivity index (χ2v) is 6.43. The lowest BCUT2D eigenvalue weighted by Gasteiger charge is -2.08. The molecule has 29 heavy (non-hydrogen) atoms. The number of carbonyl (C=O) groups excluding carboxylic acids is 1. The molecule has 0 saturated carbocycles. The van der Waals surface area contributed by atoms with Crippen LogP contribution in [0.15, 0.2) is 59.3 Å². The predicted molar refractivity (Wildman–Crippen MR) is 99.5 cm³/mol. The topological polar surface area (TPSA) is 73.0 Å². The van der Waals surface area contributed by atoms with Crippen LogP contribution < -0.4 is 5.32 Å². The van der Waals surface area contributed by atoms with Gasteiger partial charge in [0.2, 0.25) is 0 Å². The molecule has 0 aliphatic carbocycles. The van der Waals surface area contributed by atoms with Crippen LogP contribution in [-0.4, -0.2) is 20.7 Å². The van der Waals surface area contributed by atoms with Crippen molar-refractivity contribution < 1.29 is 22.4 Å². The van der Waals surface area contributed by atoms with Gasteiger partial charge in [0, 0.05) is 5.39 Å². The number of aryl methyl sites for hydroxylation is 1. The predicted octanol–water partition coefficient (Wildman–Crippen LogP) is 4.65. The first-order chi connectivity index (χ1) is 13.8. The van der Waals surface area contributed by atoms with Crippen LogP contribution in [0.1, 0.15) is 27.4 Å². The normalized spacial score (nSPS) is 11.7. The lowest BCUT2D eigenvalue weighted by atomic mass is 10.1. The second-order valence-electron chi connectivity index (χ2n) is 6.43. The molecule has 0 unspecified atom stereocenters. The van der Waals surface area contributed by atoms with Crippen molar-refractivity contribution in [1.29, 1.82) is 0 Å². The summed E-state index contributed by atoms with van der Waals surface area (Å²) in [5.41, 5.74) is 0.838. The van der Waals surface area contributed by atoms with Crippen LogP contribution in [0, 0.1) is 6.92 Å². The molecular weight excluding hydrogens is 385 g/mol. The molecule has 0 saturated heterocycles. The van der Waals surface area contributed by atoms with Gasteiger partial charge in [0.1, 0.15) is 5.76 Å². The zero-order valence-electron chi connectivity index (χ0n) is 15.2. The summed E-state index contributed by atoms with van der Waals surface area (Å²) in [5, 5.41) is 7.86. The number of hydrogen-bond donors (Lipinski definition) is 1. The number of aromatic nitrogens is 3. The van der Waals surface area contributed by atoms with Gasteiger partial charge in [0.05, 0.1) is 17.6 Å². The molecule has 0 aliphatic rings. The number of rotatable bonds is 4. The van der Waals surface area contributed by atoms with Crippen molar-refractivity contribution in [3.8, 4) is 0 Å². The van der Waals surface area contributed by atoms with Crippen LogP contribution in [0.2, 0.25) is 0 Å². The Morgan fingerprint density at radius 2 is 1.86 bits per heavy atom. The number of nitrogens with one attached hydrogen (secondary N) is 1. The molecule has 1 N–H and O–H groups in total. The summed E-state index contributed by atoms with van der Waals surface area (Å²) < 4.78 is 44.9. The maximum absolute atomic E-state index is 12.8. The highest BCUT2D eigenvalue weighted by Crippen LogP contribution is 2.29. The van der Waals surface area contributed by atoms with Gasteiger partial charge in [-0.15, -0.1) is 0 Å². The van der Waals surface area contributed by atoms with E-state index in [2.05, 4.69) is 15.4 Å². The monoisotopic (exact) mass is 400 g/mol. The Morgan fingerprint density at radius 1 is 1.14 bits per heavy atom. The number of halogens is 3. The number of anilines is 1. The number of alkyl halides is 3. The molecule has 4 rings (SSSR count). The third kappa shape index (κ3) is 3.71. The zero-order valence-corrected chi connectivity index (χ0v) is 15.2. The van der Waals surface area contributed by atoms with Gasteiger partial charge in [-0.3, -0.25) is 9.48 Å². The number of amides is 1. The Labute approximate surface area is 163 Å². The minimum absolute atomic E-state index is 0.159. The fourth-order valence-electron chi connectivity index (χ4n) is 3.00. The van der Waals surface area contributed by atoms with E-state index >= 15 is 0 Å². The van der Waals surface area contributed by atoms with Gasteiger partial charge in [-0.25, -0.2) is 4.98 Å². The van der Waals surface area contributed by atoms with E-state index in [1.807, 2.05) is 18.2 Å². The van der Waals surface area contributed by atoms with E-state index in [-0.39, 0.29) is 12.2 Å². The lowest BCUT2D eigenvalue weighted by Crippen LogP contribution is -2.14. The van der Waals surface area contributed by atoms with E-state index in [1.165, 1.54) is 18.5 Å². The van der Waals surface area contributed by atoms with E-state index < -0.39 is 17.6 Å². The maximum atomic E-state index is 12.8. The molecule has 2 aromatic carbocycles. The first-order valence-electron chi connectivity index (χ1n) is 8.66. The second kappa shape index (κ2) is 7.08. The van der Waals surface area contributed by atoms with Crippen molar-refractivity contribution in [3.05, 3.63) is 77.5 Å². The molecule has 1 amide bonds. The number of fused-ring (bicyclic) bond motifs is 1. The Kier molecular flexibility index (Phi) is 4.57. The van der Waals surface area contributed by atoms with E-state index in [9.17, 15) is 18.0 Å². The maximum Gasteiger partial charge on any atom is 0.416 e. The lowest BCUT2D eigenvalue weighted by molar-refractivity contribution is -0.137. The molecular formula is C20H15F3N4O2. The third-order valence-corrected chi connectivity index (χ3v) is 4.46. The highest BCUT2D eigenvalue weighted by molar-refractivity contribution is 6.07. The highest BCUT2D eigenvalue weighted by Gasteiger charge is 2.30. The van der Waals surface area contributed by atoms with Gasteiger partial charge in [-0.2, -0.15) is 18.3 Å². The molecule has 6 nitrogen and oxygen atoms in total. The molecule has 0 aliphatic heterocycles. The summed E-state index contributed by atoms with van der Waals surface area (Å²) in [6, 6.07) is 12.2. The summed E-state index contributed by atoms with van der Waals surface area (Å²) in [7, 11) is 0. The van der Waals surface area contributed by atoms with Crippen LogP contribution in [0.3, 0.4) is 0 Å². The van der Waals surface area contributed by atoms with Crippen molar-refractivity contribution in [2.24, 2.45) is 0 Å². The molecule has 0 spiro atoms. The van der Waals surface area contributed by atoms with E-state index in [1.54, 1.807) is 17.7 Å². The summed E-state index contributed by atoms with van der Waals surface area (Å²) in [6.07, 6.45) is -3.20. The van der Waals surface area contributed by atoms with Gasteiger partial charge in [-0.05, 0) is 36.8 Å². The molecule has 2 heterocycles. The number of oxazole rings is 1. The van der Waals surface area contributed by atoms with Crippen LogP contribution in [-0.2, 0) is 12.7 Å². The van der Waals surface area contributed by atoms with Crippen molar-refractivity contribution in [2.75, 3.05) is 5.32 Å². The van der Waals surface area contributed by atoms with E-state index in [0.29, 0.717) is 22.5 Å². The average molecular weight is 400 g/mol. The fraction of sp³-hybridized carbons (Fsp3) is 0.150. The van der Waals surface area contributed by atoms with Crippen LogP contribution in [0.5, 0.6) is 0 Å². The molecule has 0 fully saturated rings. The molecule has 0 atom stereocenters. The van der Waals surface area contributed by atoms with E-state index in [0.717, 1.165) is 17.6 Å². The summed E-state index contributed by atoms with van der Waals surface area (Å²) in [6.45, 7) is 1.88. The summed E-state index contributed by atoms with van der Waals surface area (Å²) in [4.78, 5) is 16.3. The minimum Gasteiger partial charge on any atom is -0.448 e. The fourth-order valence-corrected chi connectivity index (χ4v) is 3.00. The highest BCUT2D eigenvalue weighted by atomic mass is 19.4. The standard InChI is InChI=1S/C20H15F3N4O2/c1-12-17(24-11-29-12)19(28)25-18-15-4-2-3-5-16(15)27(26-18)10-13-6-8-14(9-7-13)20(21,22)23/h2-9,11H,10H2,1H3,(H,25,26,28). The average Bonchev–Trinajstić information content (AvgIpc) is 3.26. The van der Waals surface area contributed by atoms with Gasteiger partial charge in [-0.1, -0.05) is 24.3 Å². The quantitative estimate of drug-likeness (QED) is 0.541. The number of carbonyl (C=O) groups is 1. The molecule has 4 aromatic rings. The number of hydrogen-bond acceptors (Lipinski definition) is 4. The Hall–Kier alpha value is -3.62. The van der Waals surface area contributed by atoms with Crippen LogP contribution in [0.4, 0.5) is 19.0 Å². The molecule has 0 radical (unpaired) electrons. The first-order valence-corrected chi connectivity index (χ1v) is 8.66. The molecule has 0 bridgehead atoms. The molecule has 148 valence electrons. The Morgan fingerprint density at radius 3 is 2.52 bits per heavy atom. The van der Waals surface area contributed by atoms with Gasteiger partial charge >= 0.3 is 6.18 Å². The Balaban J connectivity index is 1.64. The van der Waals surface area contributed by atoms with Gasteiger partial charge in [0.15, 0.2) is 17.9 Å². The number of benzene rings is 2. The first kappa shape index (κ1) is 18.7. The largest absolute Gasteiger partial charge is 0.448 e. The van der Waals surface area contributed by atoms with Crippen molar-refractivity contribution in [1.82, 2.24) is 14.8 Å². The summed E-state index contributed by atoms with van der Waals surface area (Å²) >= 11 is 0. The minimum atomic E-state index is -4.38. The zero-order chi connectivity index (χ0) is 20.6. The van der Waals surface area contributed by atoms with Gasteiger partial charge in [0.25, 0.3) is 5.91 Å². The third-order valence-electron chi connectivity index (χ3n) is 4.46. The van der Waals surface area contributed by atoms with Crippen LogP contribution >= 0.6 is 0 Å². The van der Waals surface area contributed by atoms with Gasteiger partial charge < -0.3 is 9.73 Å². The number of para-hydroxylation sites is 1. The molecule has 9 heteroatoms. The summed E-state index contributed by atoms with van der Waals surface area (Å²) in [5.74, 6) is 0.261. The smallest absolute Gasteiger partial charge is 0.416 e. The van der Waals surface area contributed by atoms with Crippen molar-refractivity contribution >= 4 is 22.6 Å². The molecule has 2 aromatic heterocycles. The number of nitrogens with zero attached hydrogens (tertiary/aromatic N) is 3. The van der Waals surface area contributed by atoms with Crippen LogP contribution in [0.25, 0.3) is 10.9 Å². The van der Waals surface area contributed by atoms with Crippen molar-refractivity contribution in [3.63, 3.8) is 0 Å². The SMILES string of the molecule is Cc1ocnc1C(=O)Nc1nn(Cc2ccc(C(F)(F)F)cc2)c2ccccc12. The van der Waals surface area contributed by atoms with E-state index in [4.69, 9.17) is 4.42 Å².